The second-order valence-electron chi connectivity index (χ2n) is 8.36. The fraction of sp³-hybridized carbons (Fsp3) is 0.107. The van der Waals surface area contributed by atoms with Crippen molar-refractivity contribution in [1.29, 1.82) is 0 Å². The molecule has 1 aliphatic heterocycles. The number of rotatable bonds is 2. The van der Waals surface area contributed by atoms with E-state index in [-0.39, 0.29) is 12.1 Å². The first-order chi connectivity index (χ1) is 15.6. The number of hydrogen-bond acceptors (Lipinski definition) is 3. The van der Waals surface area contributed by atoms with E-state index >= 15 is 0 Å². The van der Waals surface area contributed by atoms with Crippen molar-refractivity contribution in [2.75, 3.05) is 10.2 Å². The number of nitrogens with one attached hydrogen (secondary N) is 1. The van der Waals surface area contributed by atoms with E-state index in [1.807, 2.05) is 65.6 Å². The predicted molar refractivity (Wildman–Crippen MR) is 129 cm³/mol. The summed E-state index contributed by atoms with van der Waals surface area (Å²) in [5, 5.41) is 5.75. The molecule has 2 heterocycles. The van der Waals surface area contributed by atoms with E-state index in [1.54, 1.807) is 0 Å². The summed E-state index contributed by atoms with van der Waals surface area (Å²) >= 11 is 0. The van der Waals surface area contributed by atoms with Crippen molar-refractivity contribution in [3.63, 3.8) is 0 Å². The Morgan fingerprint density at radius 2 is 1.50 bits per heavy atom. The standard InChI is InChI=1S/C28H22N2O2/c1-17-8-7-9-18(2)26(17)30-27(29-23-12-5-3-11-21(23)28(30)31)19-14-15-25-22(16-19)20-10-4-6-13-24(20)32-25/h3-16,27,29H,1-2H3. The fourth-order valence-electron chi connectivity index (χ4n) is 4.82. The molecule has 1 atom stereocenters. The van der Waals surface area contributed by atoms with Crippen LogP contribution >= 0.6 is 0 Å². The van der Waals surface area contributed by atoms with E-state index in [9.17, 15) is 4.79 Å². The maximum absolute atomic E-state index is 13.8. The van der Waals surface area contributed by atoms with E-state index in [0.717, 1.165) is 50.0 Å². The van der Waals surface area contributed by atoms with E-state index in [0.29, 0.717) is 5.56 Å². The van der Waals surface area contributed by atoms with Gasteiger partial charge < -0.3 is 9.73 Å². The van der Waals surface area contributed by atoms with Crippen LogP contribution in [0.25, 0.3) is 21.9 Å². The van der Waals surface area contributed by atoms with Gasteiger partial charge in [0.05, 0.1) is 11.3 Å². The number of carbonyl (C=O) groups excluding carboxylic acids is 1. The van der Waals surface area contributed by atoms with Crippen molar-refractivity contribution in [3.8, 4) is 0 Å². The van der Waals surface area contributed by atoms with Crippen molar-refractivity contribution in [2.45, 2.75) is 20.0 Å². The van der Waals surface area contributed by atoms with Crippen molar-refractivity contribution in [3.05, 3.63) is 107 Å². The average Bonchev–Trinajstić information content (AvgIpc) is 3.18. The molecule has 1 N–H and O–H groups in total. The summed E-state index contributed by atoms with van der Waals surface area (Å²) in [6.45, 7) is 4.11. The van der Waals surface area contributed by atoms with Gasteiger partial charge in [-0.25, -0.2) is 0 Å². The number of hydrogen-bond donors (Lipinski definition) is 1. The zero-order valence-electron chi connectivity index (χ0n) is 17.9. The molecule has 4 heteroatoms. The number of nitrogens with zero attached hydrogens (tertiary/aromatic N) is 1. The minimum Gasteiger partial charge on any atom is -0.456 e. The predicted octanol–water partition coefficient (Wildman–Crippen LogP) is 6.97. The molecule has 0 bridgehead atoms. The van der Waals surface area contributed by atoms with Crippen LogP contribution in [0, 0.1) is 13.8 Å². The minimum absolute atomic E-state index is 0.00102. The first-order valence-electron chi connectivity index (χ1n) is 10.8. The maximum atomic E-state index is 13.8. The molecule has 1 unspecified atom stereocenters. The lowest BCUT2D eigenvalue weighted by Crippen LogP contribution is -2.43. The van der Waals surface area contributed by atoms with Crippen LogP contribution in [0.3, 0.4) is 0 Å². The van der Waals surface area contributed by atoms with Crippen LogP contribution in [0.4, 0.5) is 11.4 Å². The van der Waals surface area contributed by atoms with E-state index in [2.05, 4.69) is 43.4 Å². The van der Waals surface area contributed by atoms with Crippen LogP contribution in [0.5, 0.6) is 0 Å². The van der Waals surface area contributed by atoms with Gasteiger partial charge in [-0.05, 0) is 60.9 Å². The Morgan fingerprint density at radius 3 is 2.34 bits per heavy atom. The normalized spacial score (nSPS) is 15.8. The summed E-state index contributed by atoms with van der Waals surface area (Å²) in [5.41, 5.74) is 7.33. The second kappa shape index (κ2) is 6.99. The number of fused-ring (bicyclic) bond motifs is 4. The quantitative estimate of drug-likeness (QED) is 0.337. The van der Waals surface area contributed by atoms with Gasteiger partial charge in [-0.3, -0.25) is 9.69 Å². The largest absolute Gasteiger partial charge is 0.456 e. The summed E-state index contributed by atoms with van der Waals surface area (Å²) in [6.07, 6.45) is -0.338. The molecule has 4 aromatic carbocycles. The third kappa shape index (κ3) is 2.73. The van der Waals surface area contributed by atoms with Crippen molar-refractivity contribution >= 4 is 39.2 Å². The van der Waals surface area contributed by atoms with Crippen LogP contribution in [0.1, 0.15) is 33.2 Å². The highest BCUT2D eigenvalue weighted by atomic mass is 16.3. The van der Waals surface area contributed by atoms with E-state index < -0.39 is 0 Å². The van der Waals surface area contributed by atoms with Gasteiger partial charge in [0, 0.05) is 16.5 Å². The van der Waals surface area contributed by atoms with Crippen LogP contribution in [0.2, 0.25) is 0 Å². The maximum Gasteiger partial charge on any atom is 0.262 e. The third-order valence-corrected chi connectivity index (χ3v) is 6.32. The number of aryl methyl sites for hydroxylation is 2. The summed E-state index contributed by atoms with van der Waals surface area (Å²) in [6, 6.07) is 28.1. The third-order valence-electron chi connectivity index (χ3n) is 6.32. The number of amides is 1. The van der Waals surface area contributed by atoms with Gasteiger partial charge in [0.25, 0.3) is 5.91 Å². The monoisotopic (exact) mass is 418 g/mol. The molecule has 0 spiro atoms. The molecule has 32 heavy (non-hydrogen) atoms. The smallest absolute Gasteiger partial charge is 0.262 e. The molecule has 5 aromatic rings. The molecule has 0 radical (unpaired) electrons. The highest BCUT2D eigenvalue weighted by Gasteiger charge is 2.35. The Kier molecular flexibility index (Phi) is 4.08. The van der Waals surface area contributed by atoms with Crippen LogP contribution < -0.4 is 10.2 Å². The Bertz CT molecular complexity index is 1490. The number of anilines is 2. The lowest BCUT2D eigenvalue weighted by atomic mass is 9.98. The van der Waals surface area contributed by atoms with Gasteiger partial charge >= 0.3 is 0 Å². The molecule has 1 amide bonds. The molecule has 0 saturated heterocycles. The average molecular weight is 418 g/mol. The molecular formula is C28H22N2O2. The highest BCUT2D eigenvalue weighted by Crippen LogP contribution is 2.40. The van der Waals surface area contributed by atoms with Gasteiger partial charge in [0.2, 0.25) is 0 Å². The Hall–Kier alpha value is -4.05. The van der Waals surface area contributed by atoms with E-state index in [1.165, 1.54) is 0 Å². The molecular weight excluding hydrogens is 396 g/mol. The molecule has 0 fully saturated rings. The van der Waals surface area contributed by atoms with Crippen molar-refractivity contribution in [1.82, 2.24) is 0 Å². The number of benzene rings is 4. The van der Waals surface area contributed by atoms with E-state index in [4.69, 9.17) is 4.42 Å². The number of carbonyl (C=O) groups is 1. The van der Waals surface area contributed by atoms with Crippen molar-refractivity contribution < 1.29 is 9.21 Å². The van der Waals surface area contributed by atoms with Crippen LogP contribution in [-0.2, 0) is 0 Å². The van der Waals surface area contributed by atoms with Gasteiger partial charge in [-0.1, -0.05) is 54.6 Å². The molecule has 1 aromatic heterocycles. The molecule has 4 nitrogen and oxygen atoms in total. The lowest BCUT2D eigenvalue weighted by Gasteiger charge is -2.39. The summed E-state index contributed by atoms with van der Waals surface area (Å²) in [7, 11) is 0. The first-order valence-corrected chi connectivity index (χ1v) is 10.8. The summed E-state index contributed by atoms with van der Waals surface area (Å²) < 4.78 is 6.02. The highest BCUT2D eigenvalue weighted by molar-refractivity contribution is 6.13. The zero-order chi connectivity index (χ0) is 21.8. The lowest BCUT2D eigenvalue weighted by molar-refractivity contribution is 0.0974. The fourth-order valence-corrected chi connectivity index (χ4v) is 4.82. The second-order valence-corrected chi connectivity index (χ2v) is 8.36. The van der Waals surface area contributed by atoms with Gasteiger partial charge in [-0.15, -0.1) is 0 Å². The Labute approximate surface area is 186 Å². The van der Waals surface area contributed by atoms with Crippen molar-refractivity contribution in [2.24, 2.45) is 0 Å². The molecule has 0 aliphatic carbocycles. The van der Waals surface area contributed by atoms with Gasteiger partial charge in [0.1, 0.15) is 17.3 Å². The minimum atomic E-state index is -0.338. The molecule has 156 valence electrons. The first kappa shape index (κ1) is 18.7. The molecule has 6 rings (SSSR count). The SMILES string of the molecule is Cc1cccc(C)c1N1C(=O)c2ccccc2NC1c1ccc2oc3ccccc3c2c1. The Balaban J connectivity index is 1.59. The Morgan fingerprint density at radius 1 is 0.781 bits per heavy atom. The molecule has 1 aliphatic rings. The van der Waals surface area contributed by atoms with Crippen LogP contribution in [-0.4, -0.2) is 5.91 Å². The summed E-state index contributed by atoms with van der Waals surface area (Å²) in [4.78, 5) is 15.7. The van der Waals surface area contributed by atoms with Gasteiger partial charge in [-0.2, -0.15) is 0 Å². The zero-order valence-corrected chi connectivity index (χ0v) is 17.9. The van der Waals surface area contributed by atoms with Crippen LogP contribution in [0.15, 0.2) is 89.3 Å². The van der Waals surface area contributed by atoms with Gasteiger partial charge in [0.15, 0.2) is 0 Å². The topological polar surface area (TPSA) is 45.5 Å². The summed E-state index contributed by atoms with van der Waals surface area (Å²) in [5.74, 6) is -0.00102. The number of furan rings is 1. The molecule has 0 saturated carbocycles. The number of para-hydroxylation sites is 3.